The average Bonchev–Trinajstić information content (AvgIpc) is 3.26. The van der Waals surface area contributed by atoms with Crippen molar-refractivity contribution in [3.8, 4) is 0 Å². The van der Waals surface area contributed by atoms with E-state index in [0.29, 0.717) is 26.5 Å². The van der Waals surface area contributed by atoms with Crippen molar-refractivity contribution >= 4 is 41.7 Å². The fraction of sp³-hybridized carbons (Fsp3) is 0.286. The minimum atomic E-state index is 0.00555. The summed E-state index contributed by atoms with van der Waals surface area (Å²) in [5.74, 6) is 0.00555. The van der Waals surface area contributed by atoms with Crippen molar-refractivity contribution < 1.29 is 23.9 Å². The molecular formula is C21H25ClN4O5. The number of halogens is 1. The molecule has 2 aromatic rings. The lowest BCUT2D eigenvalue weighted by molar-refractivity contribution is -0.125. The summed E-state index contributed by atoms with van der Waals surface area (Å²) in [5.41, 5.74) is 11.5. The summed E-state index contributed by atoms with van der Waals surface area (Å²) in [6.45, 7) is 2.52. The topological polar surface area (TPSA) is 128 Å². The second-order valence-corrected chi connectivity index (χ2v) is 6.86. The number of anilines is 2. The Morgan fingerprint density at radius 1 is 0.935 bits per heavy atom. The fourth-order valence-electron chi connectivity index (χ4n) is 3.27. The average molecular weight is 449 g/mol. The monoisotopic (exact) mass is 448 g/mol. The van der Waals surface area contributed by atoms with Gasteiger partial charge in [-0.3, -0.25) is 14.4 Å². The number of carbonyl (C=O) groups excluding carboxylic acids is 3. The first-order valence-corrected chi connectivity index (χ1v) is 9.82. The van der Waals surface area contributed by atoms with E-state index >= 15 is 0 Å². The number of morpholine rings is 1. The van der Waals surface area contributed by atoms with Gasteiger partial charge >= 0.3 is 0 Å². The molecule has 166 valence electrons. The van der Waals surface area contributed by atoms with Gasteiger partial charge in [0.2, 0.25) is 12.8 Å². The quantitative estimate of drug-likeness (QED) is 0.684. The third-order valence-corrected chi connectivity index (χ3v) is 4.87. The summed E-state index contributed by atoms with van der Waals surface area (Å²) in [6.07, 6.45) is 0.500. The second-order valence-electron chi connectivity index (χ2n) is 6.42. The van der Waals surface area contributed by atoms with Gasteiger partial charge in [0.05, 0.1) is 19.3 Å². The first-order valence-electron chi connectivity index (χ1n) is 9.44. The molecule has 1 unspecified atom stereocenters. The summed E-state index contributed by atoms with van der Waals surface area (Å²) in [4.78, 5) is 33.1. The van der Waals surface area contributed by atoms with E-state index in [1.54, 1.807) is 4.90 Å². The van der Waals surface area contributed by atoms with E-state index in [9.17, 15) is 4.79 Å². The van der Waals surface area contributed by atoms with Gasteiger partial charge in [-0.15, -0.1) is 0 Å². The molecule has 2 aliphatic rings. The summed E-state index contributed by atoms with van der Waals surface area (Å²) in [7, 11) is 0. The number of primary amides is 2. The minimum Gasteiger partial charge on any atom is -0.372 e. The van der Waals surface area contributed by atoms with Gasteiger partial charge in [0, 0.05) is 22.9 Å². The Labute approximate surface area is 185 Å². The van der Waals surface area contributed by atoms with E-state index in [1.165, 1.54) is 0 Å². The number of nitrogens with two attached hydrogens (primary N) is 2. The van der Waals surface area contributed by atoms with Crippen molar-refractivity contribution in [2.45, 2.75) is 6.04 Å². The summed E-state index contributed by atoms with van der Waals surface area (Å²) >= 11 is 5.98. The van der Waals surface area contributed by atoms with E-state index in [1.807, 2.05) is 36.4 Å². The maximum Gasteiger partial charge on any atom is 0.253 e. The molecule has 3 amide bonds. The molecule has 0 aliphatic carbocycles. The standard InChI is InChI=1S/C19H19ClN2O3.2CH3NO/c20-15-3-7-17(8-4-15)22-13-25-11-18(22)14-1-5-16(6-2-14)21-9-10-24-12-19(21)23;2*2-1-3/h1-8,18H,9-13H2;2*1H,(H2,2,3). The maximum atomic E-state index is 12.0. The molecular weight excluding hydrogens is 424 g/mol. The Balaban J connectivity index is 0.000000513. The van der Waals surface area contributed by atoms with Gasteiger partial charge in [0.15, 0.2) is 0 Å². The number of amides is 3. The molecule has 0 radical (unpaired) electrons. The molecule has 2 fully saturated rings. The molecule has 4 rings (SSSR count). The van der Waals surface area contributed by atoms with E-state index < -0.39 is 0 Å². The number of benzene rings is 2. The number of hydrogen-bond acceptors (Lipinski definition) is 6. The van der Waals surface area contributed by atoms with Gasteiger partial charge in [-0.1, -0.05) is 23.7 Å². The number of ether oxygens (including phenoxy) is 2. The predicted octanol–water partition coefficient (Wildman–Crippen LogP) is 1.44. The van der Waals surface area contributed by atoms with Crippen molar-refractivity contribution in [3.63, 3.8) is 0 Å². The van der Waals surface area contributed by atoms with Crippen molar-refractivity contribution in [3.05, 3.63) is 59.1 Å². The van der Waals surface area contributed by atoms with Crippen LogP contribution in [0.2, 0.25) is 5.02 Å². The van der Waals surface area contributed by atoms with E-state index in [-0.39, 0.29) is 31.4 Å². The van der Waals surface area contributed by atoms with Gasteiger partial charge in [0.1, 0.15) is 13.3 Å². The molecule has 2 heterocycles. The lowest BCUT2D eigenvalue weighted by Gasteiger charge is -2.28. The molecule has 9 nitrogen and oxygen atoms in total. The number of nitrogens with zero attached hydrogens (tertiary/aromatic N) is 2. The van der Waals surface area contributed by atoms with Crippen LogP contribution in [0.5, 0.6) is 0 Å². The van der Waals surface area contributed by atoms with Crippen LogP contribution in [-0.2, 0) is 23.9 Å². The number of hydrogen-bond donors (Lipinski definition) is 2. The highest BCUT2D eigenvalue weighted by molar-refractivity contribution is 6.30. The van der Waals surface area contributed by atoms with Crippen molar-refractivity contribution in [1.29, 1.82) is 0 Å². The lowest BCUT2D eigenvalue weighted by Crippen LogP contribution is -2.41. The van der Waals surface area contributed by atoms with Crippen LogP contribution in [0.3, 0.4) is 0 Å². The minimum absolute atomic E-state index is 0.00555. The zero-order chi connectivity index (χ0) is 22.6. The number of carbonyl (C=O) groups is 3. The Morgan fingerprint density at radius 2 is 1.52 bits per heavy atom. The highest BCUT2D eigenvalue weighted by atomic mass is 35.5. The summed E-state index contributed by atoms with van der Waals surface area (Å²) in [5, 5.41) is 0.722. The van der Waals surface area contributed by atoms with Crippen LogP contribution < -0.4 is 21.3 Å². The SMILES string of the molecule is NC=O.NC=O.O=C1COCCN1c1ccc(C2COCN2c2ccc(Cl)cc2)cc1. The molecule has 0 spiro atoms. The Bertz CT molecular complexity index is 842. The maximum absolute atomic E-state index is 12.0. The molecule has 4 N–H and O–H groups in total. The molecule has 10 heteroatoms. The molecule has 2 aromatic carbocycles. The highest BCUT2D eigenvalue weighted by Crippen LogP contribution is 2.33. The Hall–Kier alpha value is -3.14. The lowest BCUT2D eigenvalue weighted by atomic mass is 10.1. The van der Waals surface area contributed by atoms with Gasteiger partial charge in [-0.25, -0.2) is 0 Å². The summed E-state index contributed by atoms with van der Waals surface area (Å²) < 4.78 is 10.9. The number of rotatable bonds is 3. The van der Waals surface area contributed by atoms with Crippen LogP contribution in [0, 0.1) is 0 Å². The molecule has 0 aromatic heterocycles. The van der Waals surface area contributed by atoms with Crippen molar-refractivity contribution in [2.75, 3.05) is 42.9 Å². The van der Waals surface area contributed by atoms with Crippen molar-refractivity contribution in [2.24, 2.45) is 11.5 Å². The van der Waals surface area contributed by atoms with Gasteiger partial charge in [-0.2, -0.15) is 0 Å². The van der Waals surface area contributed by atoms with Gasteiger partial charge in [-0.05, 0) is 42.0 Å². The Kier molecular flexibility index (Phi) is 9.76. The third kappa shape index (κ3) is 6.68. The van der Waals surface area contributed by atoms with Crippen LogP contribution in [0.1, 0.15) is 11.6 Å². The van der Waals surface area contributed by atoms with Crippen LogP contribution in [0.15, 0.2) is 48.5 Å². The van der Waals surface area contributed by atoms with Crippen LogP contribution in [0.25, 0.3) is 0 Å². The van der Waals surface area contributed by atoms with E-state index in [0.717, 1.165) is 22.0 Å². The molecule has 1 atom stereocenters. The molecule has 2 aliphatic heterocycles. The molecule has 31 heavy (non-hydrogen) atoms. The van der Waals surface area contributed by atoms with Crippen LogP contribution in [-0.4, -0.2) is 51.8 Å². The van der Waals surface area contributed by atoms with Gasteiger partial charge in [0.25, 0.3) is 5.91 Å². The first kappa shape index (κ1) is 24.1. The summed E-state index contributed by atoms with van der Waals surface area (Å²) in [6, 6.07) is 16.1. The fourth-order valence-corrected chi connectivity index (χ4v) is 3.40. The highest BCUT2D eigenvalue weighted by Gasteiger charge is 2.27. The van der Waals surface area contributed by atoms with Crippen molar-refractivity contribution in [1.82, 2.24) is 0 Å². The van der Waals surface area contributed by atoms with Crippen LogP contribution >= 0.6 is 11.6 Å². The largest absolute Gasteiger partial charge is 0.372 e. The predicted molar refractivity (Wildman–Crippen MR) is 118 cm³/mol. The van der Waals surface area contributed by atoms with Gasteiger partial charge < -0.3 is 30.7 Å². The van der Waals surface area contributed by atoms with E-state index in [2.05, 4.69) is 28.5 Å². The zero-order valence-electron chi connectivity index (χ0n) is 16.9. The normalized spacial score (nSPS) is 17.7. The Morgan fingerprint density at radius 3 is 2.10 bits per heavy atom. The molecule has 0 saturated carbocycles. The third-order valence-electron chi connectivity index (χ3n) is 4.62. The second kappa shape index (κ2) is 12.5. The molecule has 0 bridgehead atoms. The first-order chi connectivity index (χ1) is 15.0. The zero-order valence-corrected chi connectivity index (χ0v) is 17.6. The molecule has 2 saturated heterocycles. The van der Waals surface area contributed by atoms with E-state index in [4.69, 9.17) is 30.7 Å². The van der Waals surface area contributed by atoms with Crippen LogP contribution in [0.4, 0.5) is 11.4 Å². The smallest absolute Gasteiger partial charge is 0.253 e.